The molecule has 0 aliphatic rings. The highest BCUT2D eigenvalue weighted by Gasteiger charge is 2.17. The van der Waals surface area contributed by atoms with Gasteiger partial charge in [0.1, 0.15) is 9.84 Å². The molecule has 1 atom stereocenters. The van der Waals surface area contributed by atoms with Crippen molar-refractivity contribution in [2.75, 3.05) is 44.7 Å². The van der Waals surface area contributed by atoms with Gasteiger partial charge >= 0.3 is 0 Å². The van der Waals surface area contributed by atoms with Crippen LogP contribution < -0.4 is 10.6 Å². The van der Waals surface area contributed by atoms with Crippen LogP contribution in [-0.4, -0.2) is 64.0 Å². The number of benzene rings is 1. The lowest BCUT2D eigenvalue weighted by Gasteiger charge is -2.29. The molecule has 1 aromatic carbocycles. The maximum Gasteiger partial charge on any atom is 0.191 e. The fourth-order valence-corrected chi connectivity index (χ4v) is 3.12. The second-order valence-corrected chi connectivity index (χ2v) is 8.18. The van der Waals surface area contributed by atoms with E-state index in [-0.39, 0.29) is 11.8 Å². The van der Waals surface area contributed by atoms with Gasteiger partial charge in [-0.05, 0) is 25.6 Å². The average Bonchev–Trinajstić information content (AvgIpc) is 2.58. The van der Waals surface area contributed by atoms with Crippen molar-refractivity contribution in [1.82, 2.24) is 15.5 Å². The van der Waals surface area contributed by atoms with E-state index in [4.69, 9.17) is 0 Å². The standard InChI is InChI=1S/C18H32N4O2S/c1-5-19-18(20-13-14-25(4,23)24)21-15-17(22(6-2)7-3)16-11-9-8-10-12-16/h8-12,17H,5-7,13-15H2,1-4H3,(H2,19,20,21). The molecule has 0 bridgehead atoms. The van der Waals surface area contributed by atoms with Crippen molar-refractivity contribution in [3.63, 3.8) is 0 Å². The lowest BCUT2D eigenvalue weighted by atomic mass is 10.1. The number of rotatable bonds is 10. The molecule has 0 spiro atoms. The van der Waals surface area contributed by atoms with Gasteiger partial charge < -0.3 is 10.6 Å². The first kappa shape index (κ1) is 21.4. The number of likely N-dealkylation sites (N-methyl/N-ethyl adjacent to an activating group) is 1. The van der Waals surface area contributed by atoms with E-state index >= 15 is 0 Å². The van der Waals surface area contributed by atoms with Crippen molar-refractivity contribution >= 4 is 15.8 Å². The maximum atomic E-state index is 11.3. The molecule has 142 valence electrons. The predicted octanol–water partition coefficient (Wildman–Crippen LogP) is 1.67. The molecule has 1 aromatic rings. The summed E-state index contributed by atoms with van der Waals surface area (Å²) >= 11 is 0. The summed E-state index contributed by atoms with van der Waals surface area (Å²) in [6.45, 7) is 9.88. The molecule has 0 fully saturated rings. The van der Waals surface area contributed by atoms with E-state index in [0.29, 0.717) is 19.0 Å². The summed E-state index contributed by atoms with van der Waals surface area (Å²) in [4.78, 5) is 7.06. The van der Waals surface area contributed by atoms with E-state index in [9.17, 15) is 8.42 Å². The van der Waals surface area contributed by atoms with Gasteiger partial charge in [-0.2, -0.15) is 0 Å². The van der Waals surface area contributed by atoms with Gasteiger partial charge in [0.2, 0.25) is 0 Å². The monoisotopic (exact) mass is 368 g/mol. The molecule has 0 aromatic heterocycles. The first-order valence-electron chi connectivity index (χ1n) is 8.90. The lowest BCUT2D eigenvalue weighted by molar-refractivity contribution is 0.224. The van der Waals surface area contributed by atoms with Gasteiger partial charge in [-0.3, -0.25) is 9.89 Å². The van der Waals surface area contributed by atoms with Crippen molar-refractivity contribution in [2.24, 2.45) is 4.99 Å². The second-order valence-electron chi connectivity index (χ2n) is 5.92. The van der Waals surface area contributed by atoms with Gasteiger partial charge in [-0.15, -0.1) is 0 Å². The molecular weight excluding hydrogens is 336 g/mol. The fraction of sp³-hybridized carbons (Fsp3) is 0.611. The fourth-order valence-electron chi connectivity index (χ4n) is 2.65. The number of nitrogens with one attached hydrogen (secondary N) is 2. The molecule has 25 heavy (non-hydrogen) atoms. The van der Waals surface area contributed by atoms with Gasteiger partial charge in [0.05, 0.1) is 18.3 Å². The highest BCUT2D eigenvalue weighted by atomic mass is 32.2. The highest BCUT2D eigenvalue weighted by Crippen LogP contribution is 2.20. The zero-order chi connectivity index (χ0) is 18.7. The summed E-state index contributed by atoms with van der Waals surface area (Å²) < 4.78 is 22.6. The molecule has 0 aliphatic heterocycles. The van der Waals surface area contributed by atoms with Crippen molar-refractivity contribution < 1.29 is 8.42 Å². The van der Waals surface area contributed by atoms with Crippen LogP contribution in [0.5, 0.6) is 0 Å². The summed E-state index contributed by atoms with van der Waals surface area (Å²) in [6.07, 6.45) is 1.24. The minimum absolute atomic E-state index is 0.0928. The van der Waals surface area contributed by atoms with E-state index in [1.54, 1.807) is 0 Å². The zero-order valence-corrected chi connectivity index (χ0v) is 16.6. The Morgan fingerprint density at radius 2 is 1.76 bits per heavy atom. The number of aliphatic imine (C=N–C) groups is 1. The number of guanidine groups is 1. The Kier molecular flexibility index (Phi) is 9.52. The molecule has 6 nitrogen and oxygen atoms in total. The van der Waals surface area contributed by atoms with E-state index in [2.05, 4.69) is 46.5 Å². The lowest BCUT2D eigenvalue weighted by Crippen LogP contribution is -2.40. The molecule has 0 radical (unpaired) electrons. The summed E-state index contributed by atoms with van der Waals surface area (Å²) in [5.74, 6) is 0.745. The van der Waals surface area contributed by atoms with Gasteiger partial charge in [0.25, 0.3) is 0 Å². The smallest absolute Gasteiger partial charge is 0.191 e. The van der Waals surface area contributed by atoms with E-state index < -0.39 is 9.84 Å². The van der Waals surface area contributed by atoms with Gasteiger partial charge in [-0.1, -0.05) is 44.2 Å². The number of nitrogens with zero attached hydrogens (tertiary/aromatic N) is 2. The van der Waals surface area contributed by atoms with Crippen LogP contribution in [0.4, 0.5) is 0 Å². The van der Waals surface area contributed by atoms with Crippen LogP contribution in [0.1, 0.15) is 32.4 Å². The third kappa shape index (κ3) is 8.36. The zero-order valence-electron chi connectivity index (χ0n) is 15.8. The molecule has 2 N–H and O–H groups in total. The highest BCUT2D eigenvalue weighted by molar-refractivity contribution is 7.90. The van der Waals surface area contributed by atoms with Crippen molar-refractivity contribution in [3.8, 4) is 0 Å². The largest absolute Gasteiger partial charge is 0.357 e. The van der Waals surface area contributed by atoms with Crippen LogP contribution in [-0.2, 0) is 9.84 Å². The molecule has 0 aliphatic carbocycles. The average molecular weight is 369 g/mol. The number of hydrogen-bond acceptors (Lipinski definition) is 4. The van der Waals surface area contributed by atoms with Crippen molar-refractivity contribution in [3.05, 3.63) is 35.9 Å². The quantitative estimate of drug-likeness (QED) is 0.485. The maximum absolute atomic E-state index is 11.3. The Labute approximate surface area is 152 Å². The third-order valence-electron chi connectivity index (χ3n) is 3.97. The first-order chi connectivity index (χ1) is 11.9. The molecule has 7 heteroatoms. The Hall–Kier alpha value is -1.60. The molecule has 1 unspecified atom stereocenters. The Morgan fingerprint density at radius 3 is 2.28 bits per heavy atom. The third-order valence-corrected chi connectivity index (χ3v) is 4.92. The Balaban J connectivity index is 2.85. The second kappa shape index (κ2) is 11.1. The van der Waals surface area contributed by atoms with E-state index in [0.717, 1.165) is 19.6 Å². The van der Waals surface area contributed by atoms with Crippen molar-refractivity contribution in [1.29, 1.82) is 0 Å². The summed E-state index contributed by atoms with van der Waals surface area (Å²) in [7, 11) is -2.98. The topological polar surface area (TPSA) is 73.8 Å². The van der Waals surface area contributed by atoms with E-state index in [1.807, 2.05) is 25.1 Å². The summed E-state index contributed by atoms with van der Waals surface area (Å²) in [5.41, 5.74) is 1.24. The minimum atomic E-state index is -2.98. The molecule has 0 saturated heterocycles. The number of sulfone groups is 1. The predicted molar refractivity (Wildman–Crippen MR) is 106 cm³/mol. The number of hydrogen-bond donors (Lipinski definition) is 2. The van der Waals surface area contributed by atoms with E-state index in [1.165, 1.54) is 11.8 Å². The summed E-state index contributed by atoms with van der Waals surface area (Å²) in [6, 6.07) is 10.6. The van der Waals surface area contributed by atoms with Gasteiger partial charge in [0, 0.05) is 19.3 Å². The molecule has 1 rings (SSSR count). The molecule has 0 heterocycles. The van der Waals surface area contributed by atoms with Crippen LogP contribution in [0.3, 0.4) is 0 Å². The molecule has 0 amide bonds. The van der Waals surface area contributed by atoms with Crippen LogP contribution in [0, 0.1) is 0 Å². The Bertz CT molecular complexity index is 613. The summed E-state index contributed by atoms with van der Waals surface area (Å²) in [5, 5.41) is 6.28. The normalized spacial score (nSPS) is 13.7. The molecular formula is C18H32N4O2S. The van der Waals surface area contributed by atoms with Crippen LogP contribution in [0.2, 0.25) is 0 Å². The van der Waals surface area contributed by atoms with Crippen LogP contribution in [0.25, 0.3) is 0 Å². The SMILES string of the molecule is CCNC(=NCC(c1ccccc1)N(CC)CC)NCCS(C)(=O)=O. The van der Waals surface area contributed by atoms with Crippen molar-refractivity contribution in [2.45, 2.75) is 26.8 Å². The van der Waals surface area contributed by atoms with Gasteiger partial charge in [0.15, 0.2) is 5.96 Å². The van der Waals surface area contributed by atoms with Gasteiger partial charge in [-0.25, -0.2) is 8.42 Å². The van der Waals surface area contributed by atoms with Crippen LogP contribution >= 0.6 is 0 Å². The first-order valence-corrected chi connectivity index (χ1v) is 11.0. The molecule has 0 saturated carbocycles. The minimum Gasteiger partial charge on any atom is -0.357 e. The van der Waals surface area contributed by atoms with Crippen LogP contribution in [0.15, 0.2) is 35.3 Å². The Morgan fingerprint density at radius 1 is 1.12 bits per heavy atom.